The van der Waals surface area contributed by atoms with Crippen LogP contribution in [0, 0.1) is 0 Å². The van der Waals surface area contributed by atoms with Crippen molar-refractivity contribution in [3.05, 3.63) is 285 Å². The van der Waals surface area contributed by atoms with Crippen molar-refractivity contribution in [2.24, 2.45) is 0 Å². The molecular formula is C68H47N. The highest BCUT2D eigenvalue weighted by molar-refractivity contribution is 6.22. The standard InChI is InChI=1S/C68H47N/c1-7-21-48(22-8-1)55-37-42-59(63(45-55)50-25-11-3-12-26-50)52-35-39-57(40-36-52)69(66-44-38-56(49-23-9-2-10-24-49)46-64(66)51-27-13-4-14-28-51)58-41-43-62-65(47-58)60-33-19-20-34-61(60)67(53-29-15-5-16-30-53)68(62)54-31-17-6-18-32-54/h1-47H. The van der Waals surface area contributed by atoms with E-state index in [2.05, 4.69) is 290 Å². The Morgan fingerprint density at radius 2 is 0.565 bits per heavy atom. The summed E-state index contributed by atoms with van der Waals surface area (Å²) in [6.07, 6.45) is 0. The van der Waals surface area contributed by atoms with Gasteiger partial charge in [0.15, 0.2) is 0 Å². The lowest BCUT2D eigenvalue weighted by Crippen LogP contribution is -2.11. The summed E-state index contributed by atoms with van der Waals surface area (Å²) in [4.78, 5) is 2.46. The van der Waals surface area contributed by atoms with E-state index < -0.39 is 0 Å². The molecule has 0 radical (unpaired) electrons. The lowest BCUT2D eigenvalue weighted by atomic mass is 9.85. The van der Waals surface area contributed by atoms with E-state index in [4.69, 9.17) is 0 Å². The Morgan fingerprint density at radius 1 is 0.188 bits per heavy atom. The number of nitrogens with zero attached hydrogens (tertiary/aromatic N) is 1. The van der Waals surface area contributed by atoms with Crippen LogP contribution in [0.4, 0.5) is 17.1 Å². The van der Waals surface area contributed by atoms with Gasteiger partial charge in [-0.3, -0.25) is 0 Å². The SMILES string of the molecule is c1ccc(-c2ccc(-c3ccc(N(c4ccc5c(-c6ccccc6)c(-c6ccccc6)c6ccccc6c5c4)c4ccc(-c5ccccc5)cc4-c4ccccc4)cc3)c(-c3ccccc3)c2)cc1. The summed E-state index contributed by atoms with van der Waals surface area (Å²) in [5, 5.41) is 4.87. The first-order valence-electron chi connectivity index (χ1n) is 23.7. The second-order valence-corrected chi connectivity index (χ2v) is 17.6. The summed E-state index contributed by atoms with van der Waals surface area (Å²) in [5.74, 6) is 0. The molecule has 69 heavy (non-hydrogen) atoms. The van der Waals surface area contributed by atoms with Gasteiger partial charge in [-0.25, -0.2) is 0 Å². The van der Waals surface area contributed by atoms with Crippen LogP contribution in [0.3, 0.4) is 0 Å². The van der Waals surface area contributed by atoms with Crippen molar-refractivity contribution in [1.29, 1.82) is 0 Å². The Hall–Kier alpha value is -9.04. The Morgan fingerprint density at radius 3 is 1.10 bits per heavy atom. The highest BCUT2D eigenvalue weighted by Gasteiger charge is 2.23. The molecule has 0 heterocycles. The third-order valence-electron chi connectivity index (χ3n) is 13.5. The lowest BCUT2D eigenvalue weighted by molar-refractivity contribution is 1.29. The summed E-state index contributed by atoms with van der Waals surface area (Å²) >= 11 is 0. The number of anilines is 3. The first kappa shape index (κ1) is 41.4. The molecule has 0 amide bonds. The number of rotatable bonds is 10. The summed E-state index contributed by atoms with van der Waals surface area (Å²) in [6, 6.07) is 104. The maximum absolute atomic E-state index is 2.46. The van der Waals surface area contributed by atoms with Crippen molar-refractivity contribution >= 4 is 38.6 Å². The maximum atomic E-state index is 2.46. The first-order valence-corrected chi connectivity index (χ1v) is 23.7. The van der Waals surface area contributed by atoms with Crippen LogP contribution >= 0.6 is 0 Å². The van der Waals surface area contributed by atoms with Crippen LogP contribution in [0.2, 0.25) is 0 Å². The molecule has 0 aliphatic carbocycles. The van der Waals surface area contributed by atoms with Crippen molar-refractivity contribution in [3.63, 3.8) is 0 Å². The highest BCUT2D eigenvalue weighted by Crippen LogP contribution is 2.49. The number of benzene rings is 12. The minimum Gasteiger partial charge on any atom is -0.310 e. The number of hydrogen-bond donors (Lipinski definition) is 0. The van der Waals surface area contributed by atoms with Crippen LogP contribution in [0.5, 0.6) is 0 Å². The Labute approximate surface area is 404 Å². The van der Waals surface area contributed by atoms with Crippen LogP contribution in [0.25, 0.3) is 99.4 Å². The van der Waals surface area contributed by atoms with Crippen molar-refractivity contribution in [2.75, 3.05) is 4.90 Å². The molecule has 0 N–H and O–H groups in total. The Balaban J connectivity index is 1.09. The molecule has 0 saturated carbocycles. The summed E-state index contributed by atoms with van der Waals surface area (Å²) in [5.41, 5.74) is 19.9. The van der Waals surface area contributed by atoms with Crippen LogP contribution in [0.1, 0.15) is 0 Å². The molecular weight excluding hydrogens is 831 g/mol. The quantitative estimate of drug-likeness (QED) is 0.124. The second kappa shape index (κ2) is 18.3. The number of fused-ring (bicyclic) bond motifs is 3. The van der Waals surface area contributed by atoms with Gasteiger partial charge in [-0.1, -0.05) is 243 Å². The number of hydrogen-bond acceptors (Lipinski definition) is 1. The van der Waals surface area contributed by atoms with Crippen LogP contribution in [-0.2, 0) is 0 Å². The van der Waals surface area contributed by atoms with Gasteiger partial charge in [0.25, 0.3) is 0 Å². The summed E-state index contributed by atoms with van der Waals surface area (Å²) < 4.78 is 0. The minimum atomic E-state index is 1.07. The smallest absolute Gasteiger partial charge is 0.0540 e. The molecule has 0 aromatic heterocycles. The normalized spacial score (nSPS) is 11.2. The molecule has 12 rings (SSSR count). The Kier molecular flexibility index (Phi) is 11.0. The lowest BCUT2D eigenvalue weighted by Gasteiger charge is -2.29. The van der Waals surface area contributed by atoms with Gasteiger partial charge in [-0.15, -0.1) is 0 Å². The van der Waals surface area contributed by atoms with E-state index >= 15 is 0 Å². The van der Waals surface area contributed by atoms with Gasteiger partial charge in [-0.05, 0) is 136 Å². The van der Waals surface area contributed by atoms with Gasteiger partial charge in [0.1, 0.15) is 0 Å². The van der Waals surface area contributed by atoms with Gasteiger partial charge in [-0.2, -0.15) is 0 Å². The molecule has 0 atom stereocenters. The van der Waals surface area contributed by atoms with E-state index in [0.717, 1.165) is 33.8 Å². The van der Waals surface area contributed by atoms with Crippen LogP contribution in [0.15, 0.2) is 285 Å². The molecule has 324 valence electrons. The Bertz CT molecular complexity index is 3720. The third-order valence-corrected chi connectivity index (χ3v) is 13.5. The van der Waals surface area contributed by atoms with Crippen LogP contribution < -0.4 is 4.90 Å². The molecule has 1 heteroatoms. The summed E-state index contributed by atoms with van der Waals surface area (Å²) in [7, 11) is 0. The minimum absolute atomic E-state index is 1.07. The van der Waals surface area contributed by atoms with Gasteiger partial charge < -0.3 is 4.90 Å². The predicted octanol–water partition coefficient (Wildman–Crippen LogP) is 19.1. The molecule has 0 unspecified atom stereocenters. The van der Waals surface area contributed by atoms with Crippen molar-refractivity contribution in [2.45, 2.75) is 0 Å². The van der Waals surface area contributed by atoms with E-state index in [1.54, 1.807) is 0 Å². The van der Waals surface area contributed by atoms with E-state index in [1.165, 1.54) is 82.7 Å². The summed E-state index contributed by atoms with van der Waals surface area (Å²) in [6.45, 7) is 0. The fourth-order valence-corrected chi connectivity index (χ4v) is 10.2. The van der Waals surface area contributed by atoms with Gasteiger partial charge in [0, 0.05) is 16.9 Å². The van der Waals surface area contributed by atoms with Gasteiger partial charge in [0.05, 0.1) is 5.69 Å². The molecule has 0 aliphatic heterocycles. The zero-order chi connectivity index (χ0) is 45.9. The average Bonchev–Trinajstić information content (AvgIpc) is 3.44. The second-order valence-electron chi connectivity index (χ2n) is 17.6. The molecule has 12 aromatic carbocycles. The van der Waals surface area contributed by atoms with Gasteiger partial charge >= 0.3 is 0 Å². The maximum Gasteiger partial charge on any atom is 0.0540 e. The predicted molar refractivity (Wildman–Crippen MR) is 294 cm³/mol. The fourth-order valence-electron chi connectivity index (χ4n) is 10.2. The van der Waals surface area contributed by atoms with E-state index in [-0.39, 0.29) is 0 Å². The molecule has 0 aliphatic rings. The van der Waals surface area contributed by atoms with Crippen LogP contribution in [-0.4, -0.2) is 0 Å². The van der Waals surface area contributed by atoms with Gasteiger partial charge in [0.2, 0.25) is 0 Å². The largest absolute Gasteiger partial charge is 0.310 e. The average molecular weight is 878 g/mol. The van der Waals surface area contributed by atoms with E-state index in [1.807, 2.05) is 0 Å². The first-order chi connectivity index (χ1) is 34.2. The third kappa shape index (κ3) is 7.97. The molecule has 0 bridgehead atoms. The van der Waals surface area contributed by atoms with Crippen molar-refractivity contribution in [1.82, 2.24) is 0 Å². The highest BCUT2D eigenvalue weighted by atomic mass is 15.1. The topological polar surface area (TPSA) is 3.24 Å². The van der Waals surface area contributed by atoms with E-state index in [0.29, 0.717) is 0 Å². The monoisotopic (exact) mass is 877 g/mol. The van der Waals surface area contributed by atoms with E-state index in [9.17, 15) is 0 Å². The zero-order valence-corrected chi connectivity index (χ0v) is 38.1. The van der Waals surface area contributed by atoms with Crippen molar-refractivity contribution < 1.29 is 0 Å². The molecule has 0 saturated heterocycles. The molecule has 1 nitrogen and oxygen atoms in total. The zero-order valence-electron chi connectivity index (χ0n) is 38.1. The van der Waals surface area contributed by atoms with Crippen molar-refractivity contribution in [3.8, 4) is 77.9 Å². The molecule has 0 fully saturated rings. The molecule has 12 aromatic rings. The molecule has 0 spiro atoms. The fraction of sp³-hybridized carbons (Fsp3) is 0.